The Bertz CT molecular complexity index is 731. The highest BCUT2D eigenvalue weighted by atomic mass is 16.4. The molecule has 1 aliphatic carbocycles. The molecule has 116 valence electrons. The first-order valence-corrected chi connectivity index (χ1v) is 7.39. The smallest absolute Gasteiger partial charge is 0.329 e. The van der Waals surface area contributed by atoms with Gasteiger partial charge in [0.15, 0.2) is 5.65 Å². The molecule has 7 heteroatoms. The van der Waals surface area contributed by atoms with Crippen LogP contribution in [0.3, 0.4) is 0 Å². The predicted octanol–water partition coefficient (Wildman–Crippen LogP) is 1.56. The number of carbonyl (C=O) groups is 2. The number of amides is 1. The van der Waals surface area contributed by atoms with Gasteiger partial charge in [0.25, 0.3) is 5.91 Å². The molecular formula is C15H18N4O3. The molecule has 0 aromatic carbocycles. The van der Waals surface area contributed by atoms with Crippen LogP contribution in [0.25, 0.3) is 5.65 Å². The van der Waals surface area contributed by atoms with E-state index in [4.69, 9.17) is 0 Å². The highest BCUT2D eigenvalue weighted by Crippen LogP contribution is 2.28. The van der Waals surface area contributed by atoms with E-state index < -0.39 is 11.5 Å². The van der Waals surface area contributed by atoms with Crippen LogP contribution >= 0.6 is 0 Å². The average Bonchev–Trinajstić information content (AvgIpc) is 2.89. The fraction of sp³-hybridized carbons (Fsp3) is 0.467. The largest absolute Gasteiger partial charge is 0.480 e. The Balaban J connectivity index is 1.88. The first-order valence-electron chi connectivity index (χ1n) is 7.39. The zero-order chi connectivity index (χ0) is 15.7. The van der Waals surface area contributed by atoms with E-state index in [9.17, 15) is 14.7 Å². The third-order valence-corrected chi connectivity index (χ3v) is 4.30. The predicted molar refractivity (Wildman–Crippen MR) is 78.6 cm³/mol. The molecule has 1 aliphatic rings. The molecule has 0 saturated heterocycles. The summed E-state index contributed by atoms with van der Waals surface area (Å²) in [6.45, 7) is 1.79. The van der Waals surface area contributed by atoms with Crippen molar-refractivity contribution in [3.8, 4) is 0 Å². The van der Waals surface area contributed by atoms with Crippen molar-refractivity contribution in [1.29, 1.82) is 0 Å². The second-order valence-electron chi connectivity index (χ2n) is 5.80. The van der Waals surface area contributed by atoms with Gasteiger partial charge >= 0.3 is 5.97 Å². The third-order valence-electron chi connectivity index (χ3n) is 4.30. The molecule has 2 heterocycles. The van der Waals surface area contributed by atoms with Crippen molar-refractivity contribution in [2.45, 2.75) is 44.6 Å². The molecule has 2 N–H and O–H groups in total. The Hall–Kier alpha value is -2.44. The molecule has 1 amide bonds. The molecule has 2 aromatic rings. The number of nitrogens with one attached hydrogen (secondary N) is 1. The summed E-state index contributed by atoms with van der Waals surface area (Å²) in [6, 6.07) is 3.33. The molecule has 0 bridgehead atoms. The summed E-state index contributed by atoms with van der Waals surface area (Å²) in [5.74, 6) is -0.656. The number of hydrogen-bond donors (Lipinski definition) is 2. The van der Waals surface area contributed by atoms with Crippen LogP contribution in [-0.4, -0.2) is 37.1 Å². The number of carboxylic acid groups (broad SMARTS) is 1. The molecule has 0 radical (unpaired) electrons. The topological polar surface area (TPSA) is 96.6 Å². The molecule has 0 spiro atoms. The van der Waals surface area contributed by atoms with E-state index in [-0.39, 0.29) is 5.91 Å². The van der Waals surface area contributed by atoms with Crippen molar-refractivity contribution in [2.24, 2.45) is 0 Å². The second kappa shape index (κ2) is 5.40. The third kappa shape index (κ3) is 2.43. The highest BCUT2D eigenvalue weighted by molar-refractivity contribution is 5.97. The molecule has 2 aromatic heterocycles. The Morgan fingerprint density at radius 1 is 1.23 bits per heavy atom. The van der Waals surface area contributed by atoms with Gasteiger partial charge in [-0.05, 0) is 31.9 Å². The average molecular weight is 302 g/mol. The molecule has 22 heavy (non-hydrogen) atoms. The van der Waals surface area contributed by atoms with Crippen LogP contribution in [0.15, 0.2) is 18.3 Å². The maximum absolute atomic E-state index is 12.5. The van der Waals surface area contributed by atoms with Crippen LogP contribution in [0.5, 0.6) is 0 Å². The first-order chi connectivity index (χ1) is 10.5. The van der Waals surface area contributed by atoms with Gasteiger partial charge in [0.1, 0.15) is 11.4 Å². The van der Waals surface area contributed by atoms with E-state index in [1.165, 1.54) is 0 Å². The van der Waals surface area contributed by atoms with Crippen molar-refractivity contribution < 1.29 is 14.7 Å². The Morgan fingerprint density at radius 3 is 2.64 bits per heavy atom. The molecule has 0 aliphatic heterocycles. The number of pyridine rings is 1. The lowest BCUT2D eigenvalue weighted by molar-refractivity contribution is -0.145. The van der Waals surface area contributed by atoms with Crippen molar-refractivity contribution >= 4 is 17.5 Å². The number of aromatic nitrogens is 3. The molecule has 3 rings (SSSR count). The van der Waals surface area contributed by atoms with Crippen LogP contribution in [0, 0.1) is 6.92 Å². The number of aryl methyl sites for hydroxylation is 1. The zero-order valence-corrected chi connectivity index (χ0v) is 12.4. The van der Waals surface area contributed by atoms with Gasteiger partial charge < -0.3 is 10.4 Å². The van der Waals surface area contributed by atoms with Gasteiger partial charge in [-0.2, -0.15) is 0 Å². The molecule has 7 nitrogen and oxygen atoms in total. The normalized spacial score (nSPS) is 17.3. The Labute approximate surface area is 127 Å². The number of nitrogens with zero attached hydrogens (tertiary/aromatic N) is 3. The number of carboxylic acids is 1. The standard InChI is InChI=1S/C15H18N4O3/c1-10-17-18-12-6-5-11(9-19(10)12)13(20)16-15(14(21)22)7-3-2-4-8-15/h5-6,9H,2-4,7-8H2,1H3,(H,16,20)(H,21,22). The zero-order valence-electron chi connectivity index (χ0n) is 12.4. The number of aliphatic carboxylic acids is 1. The van der Waals surface area contributed by atoms with Crippen molar-refractivity contribution in [1.82, 2.24) is 19.9 Å². The van der Waals surface area contributed by atoms with Gasteiger partial charge in [-0.1, -0.05) is 19.3 Å². The Morgan fingerprint density at radius 2 is 1.95 bits per heavy atom. The maximum Gasteiger partial charge on any atom is 0.329 e. The number of hydrogen-bond acceptors (Lipinski definition) is 4. The fourth-order valence-electron chi connectivity index (χ4n) is 2.98. The lowest BCUT2D eigenvalue weighted by atomic mass is 9.81. The highest BCUT2D eigenvalue weighted by Gasteiger charge is 2.41. The fourth-order valence-corrected chi connectivity index (χ4v) is 2.98. The van der Waals surface area contributed by atoms with Crippen LogP contribution in [0.1, 0.15) is 48.3 Å². The van der Waals surface area contributed by atoms with Gasteiger partial charge in [-0.3, -0.25) is 9.20 Å². The molecule has 1 fully saturated rings. The van der Waals surface area contributed by atoms with E-state index in [0.29, 0.717) is 29.9 Å². The van der Waals surface area contributed by atoms with Crippen molar-refractivity contribution in [3.63, 3.8) is 0 Å². The van der Waals surface area contributed by atoms with E-state index >= 15 is 0 Å². The summed E-state index contributed by atoms with van der Waals surface area (Å²) >= 11 is 0. The van der Waals surface area contributed by atoms with Gasteiger partial charge in [-0.25, -0.2) is 4.79 Å². The minimum absolute atomic E-state index is 0.376. The SMILES string of the molecule is Cc1nnc2ccc(C(=O)NC3(C(=O)O)CCCCC3)cn12. The summed E-state index contributed by atoms with van der Waals surface area (Å²) in [7, 11) is 0. The van der Waals surface area contributed by atoms with E-state index in [2.05, 4.69) is 15.5 Å². The lowest BCUT2D eigenvalue weighted by Gasteiger charge is -2.33. The maximum atomic E-state index is 12.5. The van der Waals surface area contributed by atoms with Gasteiger partial charge in [0.05, 0.1) is 5.56 Å². The first kappa shape index (κ1) is 14.5. The molecule has 0 unspecified atom stereocenters. The number of carbonyl (C=O) groups excluding carboxylic acids is 1. The van der Waals surface area contributed by atoms with Crippen LogP contribution in [0.2, 0.25) is 0 Å². The number of rotatable bonds is 3. The minimum Gasteiger partial charge on any atom is -0.480 e. The van der Waals surface area contributed by atoms with E-state index in [1.54, 1.807) is 29.7 Å². The van der Waals surface area contributed by atoms with E-state index in [1.807, 2.05) is 0 Å². The molecule has 0 atom stereocenters. The van der Waals surface area contributed by atoms with Crippen LogP contribution < -0.4 is 5.32 Å². The molecule has 1 saturated carbocycles. The van der Waals surface area contributed by atoms with Crippen LogP contribution in [-0.2, 0) is 4.79 Å². The van der Waals surface area contributed by atoms with Crippen molar-refractivity contribution in [3.05, 3.63) is 29.7 Å². The summed E-state index contributed by atoms with van der Waals surface area (Å²) < 4.78 is 1.71. The van der Waals surface area contributed by atoms with Crippen LogP contribution in [0.4, 0.5) is 0 Å². The van der Waals surface area contributed by atoms with Gasteiger partial charge in [0, 0.05) is 6.20 Å². The second-order valence-corrected chi connectivity index (χ2v) is 5.80. The molecular weight excluding hydrogens is 284 g/mol. The van der Waals surface area contributed by atoms with E-state index in [0.717, 1.165) is 19.3 Å². The summed E-state index contributed by atoms with van der Waals surface area (Å²) in [5.41, 5.74) is -0.0896. The summed E-state index contributed by atoms with van der Waals surface area (Å²) in [4.78, 5) is 24.1. The lowest BCUT2D eigenvalue weighted by Crippen LogP contribution is -2.55. The summed E-state index contributed by atoms with van der Waals surface area (Å²) in [5, 5.41) is 20.2. The minimum atomic E-state index is -1.15. The van der Waals surface area contributed by atoms with Gasteiger partial charge in [-0.15, -0.1) is 10.2 Å². The van der Waals surface area contributed by atoms with Gasteiger partial charge in [0.2, 0.25) is 0 Å². The quantitative estimate of drug-likeness (QED) is 0.896. The Kier molecular flexibility index (Phi) is 3.56. The monoisotopic (exact) mass is 302 g/mol. The summed E-state index contributed by atoms with van der Waals surface area (Å²) in [6.07, 6.45) is 5.23. The number of fused-ring (bicyclic) bond motifs is 1. The van der Waals surface area contributed by atoms with Crippen molar-refractivity contribution in [2.75, 3.05) is 0 Å².